The van der Waals surface area contributed by atoms with Crippen molar-refractivity contribution in [2.24, 2.45) is 0 Å². The topological polar surface area (TPSA) is 21.7 Å². The Labute approximate surface area is 183 Å². The molecule has 1 fully saturated rings. The van der Waals surface area contributed by atoms with E-state index in [0.29, 0.717) is 0 Å². The summed E-state index contributed by atoms with van der Waals surface area (Å²) in [5.74, 6) is 2.02. The van der Waals surface area contributed by atoms with Gasteiger partial charge in [-0.1, -0.05) is 35.4 Å². The van der Waals surface area contributed by atoms with E-state index in [4.69, 9.17) is 9.05 Å². The Morgan fingerprint density at radius 1 is 0.733 bits per heavy atom. The molecule has 0 unspecified atom stereocenters. The van der Waals surface area contributed by atoms with Gasteiger partial charge in [-0.05, 0) is 96.9 Å². The third-order valence-electron chi connectivity index (χ3n) is 6.60. The molecule has 0 spiro atoms. The van der Waals surface area contributed by atoms with Gasteiger partial charge in [-0.25, -0.2) is 4.67 Å². The Balaban J connectivity index is 1.91. The number of fused-ring (bicyclic) bond motifs is 2. The lowest BCUT2D eigenvalue weighted by molar-refractivity contribution is 0.0437. The fraction of sp³-hybridized carbons (Fsp3) is 0.538. The van der Waals surface area contributed by atoms with Crippen molar-refractivity contribution in [3.05, 3.63) is 57.6 Å². The summed E-state index contributed by atoms with van der Waals surface area (Å²) in [5, 5.41) is 0. The van der Waals surface area contributed by atoms with Gasteiger partial charge in [0.15, 0.2) is 0 Å². The van der Waals surface area contributed by atoms with Crippen LogP contribution in [0.1, 0.15) is 80.3 Å². The average Bonchev–Trinajstić information content (AvgIpc) is 2.57. The van der Waals surface area contributed by atoms with Gasteiger partial charge in [0.05, 0.1) is 0 Å². The molecule has 0 amide bonds. The molecule has 0 bridgehead atoms. The van der Waals surface area contributed by atoms with E-state index < -0.39 is 8.53 Å². The zero-order chi connectivity index (χ0) is 21.8. The quantitative estimate of drug-likeness (QED) is 0.440. The van der Waals surface area contributed by atoms with Crippen LogP contribution in [0.15, 0.2) is 24.3 Å². The molecular weight excluding hydrogens is 389 g/mol. The van der Waals surface area contributed by atoms with Crippen LogP contribution in [0.25, 0.3) is 0 Å². The molecule has 0 radical (unpaired) electrons. The monoisotopic (exact) mass is 425 g/mol. The fourth-order valence-corrected chi connectivity index (χ4v) is 7.62. The van der Waals surface area contributed by atoms with E-state index in [1.807, 2.05) is 0 Å². The predicted molar refractivity (Wildman–Crippen MR) is 127 cm³/mol. The van der Waals surface area contributed by atoms with E-state index in [0.717, 1.165) is 30.8 Å². The van der Waals surface area contributed by atoms with Gasteiger partial charge in [-0.2, -0.15) is 0 Å². The van der Waals surface area contributed by atoms with Gasteiger partial charge < -0.3 is 9.05 Å². The molecule has 0 atom stereocenters. The maximum Gasteiger partial charge on any atom is 0.385 e. The summed E-state index contributed by atoms with van der Waals surface area (Å²) in [5.41, 5.74) is 7.52. The normalized spacial score (nSPS) is 20.9. The highest BCUT2D eigenvalue weighted by atomic mass is 31.2. The van der Waals surface area contributed by atoms with Gasteiger partial charge in [0.25, 0.3) is 0 Å². The van der Waals surface area contributed by atoms with Gasteiger partial charge in [0.1, 0.15) is 11.5 Å². The highest BCUT2D eigenvalue weighted by molar-refractivity contribution is 7.45. The van der Waals surface area contributed by atoms with Crippen molar-refractivity contribution in [3.63, 3.8) is 0 Å². The molecule has 2 aromatic rings. The van der Waals surface area contributed by atoms with Gasteiger partial charge >= 0.3 is 8.53 Å². The van der Waals surface area contributed by atoms with Crippen molar-refractivity contribution in [3.8, 4) is 11.5 Å². The lowest BCUT2D eigenvalue weighted by Gasteiger charge is -2.53. The Hall–Kier alpha value is -1.57. The molecule has 0 aliphatic carbocycles. The number of rotatable bonds is 1. The van der Waals surface area contributed by atoms with E-state index in [9.17, 15) is 0 Å². The summed E-state index contributed by atoms with van der Waals surface area (Å²) in [4.78, 5) is 0. The maximum atomic E-state index is 6.84. The Kier molecular flexibility index (Phi) is 5.44. The van der Waals surface area contributed by atoms with Crippen molar-refractivity contribution in [2.75, 3.05) is 0 Å². The first kappa shape index (κ1) is 21.7. The second kappa shape index (κ2) is 7.53. The first-order chi connectivity index (χ1) is 14.0. The van der Waals surface area contributed by atoms with Crippen LogP contribution in [0.2, 0.25) is 0 Å². The van der Waals surface area contributed by atoms with Gasteiger partial charge in [0.2, 0.25) is 0 Å². The number of benzene rings is 2. The molecule has 2 aliphatic rings. The van der Waals surface area contributed by atoms with Crippen LogP contribution >= 0.6 is 8.53 Å². The van der Waals surface area contributed by atoms with Crippen LogP contribution in [0, 0.1) is 27.7 Å². The summed E-state index contributed by atoms with van der Waals surface area (Å²) < 4.78 is 16.2. The summed E-state index contributed by atoms with van der Waals surface area (Å²) >= 11 is 0. The molecule has 162 valence electrons. The first-order valence-electron chi connectivity index (χ1n) is 11.1. The number of piperidine rings is 1. The maximum absolute atomic E-state index is 6.84. The minimum Gasteiger partial charge on any atom is -0.426 e. The SMILES string of the molecule is Cc1cc(C)c2c(c1)Cc1cc(C)cc(C)c1OP(N1C(C)(C)CCCC1(C)C)O2. The van der Waals surface area contributed by atoms with Gasteiger partial charge in [-0.15, -0.1) is 0 Å². The Bertz CT molecular complexity index is 904. The molecular formula is C26H36NO2P. The number of aryl methyl sites for hydroxylation is 4. The molecule has 30 heavy (non-hydrogen) atoms. The lowest BCUT2D eigenvalue weighted by Crippen LogP contribution is -2.56. The molecule has 2 aliphatic heterocycles. The van der Waals surface area contributed by atoms with E-state index >= 15 is 0 Å². The summed E-state index contributed by atoms with van der Waals surface area (Å²) in [6, 6.07) is 9.02. The van der Waals surface area contributed by atoms with Crippen LogP contribution < -0.4 is 9.05 Å². The van der Waals surface area contributed by atoms with E-state index in [1.54, 1.807) is 0 Å². The zero-order valence-electron chi connectivity index (χ0n) is 19.8. The smallest absolute Gasteiger partial charge is 0.385 e. The molecule has 0 saturated carbocycles. The van der Waals surface area contributed by atoms with E-state index in [1.165, 1.54) is 39.8 Å². The first-order valence-corrected chi connectivity index (χ1v) is 12.3. The highest BCUT2D eigenvalue weighted by Crippen LogP contribution is 2.58. The second-order valence-corrected chi connectivity index (χ2v) is 11.8. The molecule has 3 nitrogen and oxygen atoms in total. The molecule has 2 heterocycles. The van der Waals surface area contributed by atoms with Crippen LogP contribution in [0.4, 0.5) is 0 Å². The minimum absolute atomic E-state index is 0.0180. The predicted octanol–water partition coefficient (Wildman–Crippen LogP) is 7.55. The molecule has 0 aromatic heterocycles. The Morgan fingerprint density at radius 2 is 1.17 bits per heavy atom. The summed E-state index contributed by atoms with van der Waals surface area (Å²) in [7, 11) is -1.30. The van der Waals surface area contributed by atoms with E-state index in [2.05, 4.69) is 84.3 Å². The van der Waals surface area contributed by atoms with Gasteiger partial charge in [-0.3, -0.25) is 0 Å². The van der Waals surface area contributed by atoms with Crippen LogP contribution in [-0.4, -0.2) is 15.7 Å². The lowest BCUT2D eigenvalue weighted by atomic mass is 9.83. The van der Waals surface area contributed by atoms with Crippen molar-refractivity contribution < 1.29 is 9.05 Å². The van der Waals surface area contributed by atoms with E-state index in [-0.39, 0.29) is 11.1 Å². The number of hydrogen-bond donors (Lipinski definition) is 0. The van der Waals surface area contributed by atoms with Crippen LogP contribution in [0.5, 0.6) is 11.5 Å². The Morgan fingerprint density at radius 3 is 1.60 bits per heavy atom. The summed E-state index contributed by atoms with van der Waals surface area (Å²) in [6.07, 6.45) is 4.39. The number of nitrogens with zero attached hydrogens (tertiary/aromatic N) is 1. The summed E-state index contributed by atoms with van der Waals surface area (Å²) in [6.45, 7) is 18.0. The number of hydrogen-bond acceptors (Lipinski definition) is 3. The second-order valence-electron chi connectivity index (χ2n) is 10.5. The average molecular weight is 426 g/mol. The third kappa shape index (κ3) is 3.87. The molecule has 0 N–H and O–H groups in total. The molecule has 1 saturated heterocycles. The van der Waals surface area contributed by atoms with Crippen molar-refractivity contribution in [2.45, 2.75) is 92.2 Å². The zero-order valence-corrected chi connectivity index (χ0v) is 20.7. The third-order valence-corrected chi connectivity index (χ3v) is 8.69. The van der Waals surface area contributed by atoms with Crippen molar-refractivity contribution >= 4 is 8.53 Å². The fourth-order valence-electron chi connectivity index (χ4n) is 5.50. The molecule has 4 heteroatoms. The van der Waals surface area contributed by atoms with Crippen molar-refractivity contribution in [1.82, 2.24) is 4.67 Å². The van der Waals surface area contributed by atoms with Crippen molar-refractivity contribution in [1.29, 1.82) is 0 Å². The molecule has 2 aromatic carbocycles. The minimum atomic E-state index is -1.30. The highest BCUT2D eigenvalue weighted by Gasteiger charge is 2.49. The largest absolute Gasteiger partial charge is 0.426 e. The molecule has 4 rings (SSSR count). The van der Waals surface area contributed by atoms with Crippen LogP contribution in [-0.2, 0) is 6.42 Å². The van der Waals surface area contributed by atoms with Gasteiger partial charge in [0, 0.05) is 17.5 Å². The standard InChI is InChI=1S/C26H36NO2P/c1-17-12-19(3)23-21(14-17)16-22-15-18(2)13-20(4)24(22)29-30(28-23)27-25(5,6)10-9-11-26(27,7)8/h12-15H,9-11,16H2,1-8H3. The van der Waals surface area contributed by atoms with Crippen LogP contribution in [0.3, 0.4) is 0 Å².